The molecule has 0 saturated carbocycles. The maximum atomic E-state index is 13.3. The van der Waals surface area contributed by atoms with Crippen molar-refractivity contribution in [1.82, 2.24) is 5.32 Å². The predicted octanol–water partition coefficient (Wildman–Crippen LogP) is 4.87. The van der Waals surface area contributed by atoms with Gasteiger partial charge in [-0.05, 0) is 67.3 Å². The summed E-state index contributed by atoms with van der Waals surface area (Å²) in [6, 6.07) is 17.4. The molecule has 7 nitrogen and oxygen atoms in total. The largest absolute Gasteiger partial charge is 0.497 e. The van der Waals surface area contributed by atoms with E-state index in [-0.39, 0.29) is 5.57 Å². The van der Waals surface area contributed by atoms with Gasteiger partial charge in [-0.3, -0.25) is 14.9 Å². The molecule has 4 rings (SSSR count). The molecular formula is C28H26N2O5. The first kappa shape index (κ1) is 23.8. The number of para-hydroxylation sites is 1. The lowest BCUT2D eigenvalue weighted by molar-refractivity contribution is -0.122. The number of benzene rings is 3. The Morgan fingerprint density at radius 3 is 2.37 bits per heavy atom. The Balaban J connectivity index is 1.69. The Morgan fingerprint density at radius 1 is 0.886 bits per heavy atom. The number of nitrogens with zero attached hydrogens (tertiary/aromatic N) is 1. The van der Waals surface area contributed by atoms with E-state index in [1.807, 2.05) is 32.0 Å². The van der Waals surface area contributed by atoms with E-state index in [2.05, 4.69) is 11.4 Å². The van der Waals surface area contributed by atoms with Crippen molar-refractivity contribution in [3.8, 4) is 11.5 Å². The molecule has 3 aromatic carbocycles. The standard InChI is InChI=1S/C28H26N2O5/c1-17-9-10-20(13-19(17)3)16-35-25-15-22(34-4)12-11-21(25)14-23-26(31)29-28(33)30(27(23)32)24-8-6-5-7-18(24)2/h5-15H,16H2,1-4H3,(H,29,31,33)/b23-14+. The first-order chi connectivity index (χ1) is 16.8. The van der Waals surface area contributed by atoms with Gasteiger partial charge in [-0.25, -0.2) is 9.69 Å². The number of amides is 4. The zero-order valence-corrected chi connectivity index (χ0v) is 20.0. The summed E-state index contributed by atoms with van der Waals surface area (Å²) in [6.45, 7) is 6.16. The minimum Gasteiger partial charge on any atom is -0.497 e. The smallest absolute Gasteiger partial charge is 0.335 e. The van der Waals surface area contributed by atoms with Gasteiger partial charge in [-0.2, -0.15) is 0 Å². The molecule has 1 saturated heterocycles. The fourth-order valence-corrected chi connectivity index (χ4v) is 3.79. The third-order valence-electron chi connectivity index (χ3n) is 5.94. The van der Waals surface area contributed by atoms with Crippen molar-refractivity contribution in [3.63, 3.8) is 0 Å². The molecule has 0 atom stereocenters. The van der Waals surface area contributed by atoms with Crippen molar-refractivity contribution < 1.29 is 23.9 Å². The lowest BCUT2D eigenvalue weighted by atomic mass is 10.0. The minimum absolute atomic E-state index is 0.172. The van der Waals surface area contributed by atoms with Gasteiger partial charge in [0.15, 0.2) is 0 Å². The minimum atomic E-state index is -0.785. The van der Waals surface area contributed by atoms with E-state index in [4.69, 9.17) is 9.47 Å². The van der Waals surface area contributed by atoms with Crippen LogP contribution in [0.25, 0.3) is 6.08 Å². The molecule has 35 heavy (non-hydrogen) atoms. The number of aryl methyl sites for hydroxylation is 3. The highest BCUT2D eigenvalue weighted by Crippen LogP contribution is 2.30. The number of nitrogens with one attached hydrogen (secondary N) is 1. The number of hydrogen-bond donors (Lipinski definition) is 1. The molecule has 1 heterocycles. The van der Waals surface area contributed by atoms with E-state index in [1.54, 1.807) is 50.4 Å². The number of imide groups is 2. The highest BCUT2D eigenvalue weighted by Gasteiger charge is 2.37. The number of anilines is 1. The van der Waals surface area contributed by atoms with Crippen LogP contribution >= 0.6 is 0 Å². The van der Waals surface area contributed by atoms with Crippen molar-refractivity contribution >= 4 is 29.6 Å². The quantitative estimate of drug-likeness (QED) is 0.411. The zero-order chi connectivity index (χ0) is 25.1. The topological polar surface area (TPSA) is 84.9 Å². The van der Waals surface area contributed by atoms with E-state index in [0.29, 0.717) is 29.4 Å². The highest BCUT2D eigenvalue weighted by molar-refractivity contribution is 6.39. The summed E-state index contributed by atoms with van der Waals surface area (Å²) in [7, 11) is 1.55. The summed E-state index contributed by atoms with van der Waals surface area (Å²) < 4.78 is 11.4. The first-order valence-electron chi connectivity index (χ1n) is 11.1. The fourth-order valence-electron chi connectivity index (χ4n) is 3.79. The number of urea groups is 1. The summed E-state index contributed by atoms with van der Waals surface area (Å²) in [6.07, 6.45) is 1.44. The lowest BCUT2D eigenvalue weighted by Crippen LogP contribution is -2.54. The third kappa shape index (κ3) is 4.94. The second kappa shape index (κ2) is 9.85. The number of ether oxygens (including phenoxy) is 2. The maximum absolute atomic E-state index is 13.3. The van der Waals surface area contributed by atoms with Crippen LogP contribution in [0.3, 0.4) is 0 Å². The molecule has 1 aliphatic rings. The Hall–Kier alpha value is -4.39. The molecule has 1 fully saturated rings. The molecular weight excluding hydrogens is 444 g/mol. The van der Waals surface area contributed by atoms with Crippen molar-refractivity contribution in [2.75, 3.05) is 12.0 Å². The van der Waals surface area contributed by atoms with Crippen LogP contribution in [-0.2, 0) is 16.2 Å². The van der Waals surface area contributed by atoms with Crippen molar-refractivity contribution in [1.29, 1.82) is 0 Å². The van der Waals surface area contributed by atoms with Gasteiger partial charge in [0.25, 0.3) is 11.8 Å². The molecule has 0 aromatic heterocycles. The molecule has 1 aliphatic heterocycles. The Labute approximate surface area is 204 Å². The van der Waals surface area contributed by atoms with Gasteiger partial charge in [0.2, 0.25) is 0 Å². The number of carbonyl (C=O) groups is 3. The number of carbonyl (C=O) groups excluding carboxylic acids is 3. The molecule has 0 bridgehead atoms. The van der Waals surface area contributed by atoms with E-state index >= 15 is 0 Å². The predicted molar refractivity (Wildman–Crippen MR) is 133 cm³/mol. The zero-order valence-electron chi connectivity index (χ0n) is 20.0. The van der Waals surface area contributed by atoms with Gasteiger partial charge < -0.3 is 9.47 Å². The van der Waals surface area contributed by atoms with Gasteiger partial charge in [-0.1, -0.05) is 36.4 Å². The van der Waals surface area contributed by atoms with Crippen LogP contribution in [0.15, 0.2) is 66.2 Å². The lowest BCUT2D eigenvalue weighted by Gasteiger charge is -2.27. The summed E-state index contributed by atoms with van der Waals surface area (Å²) in [5.74, 6) is -0.460. The van der Waals surface area contributed by atoms with Crippen LogP contribution in [0.5, 0.6) is 11.5 Å². The normalized spacial score (nSPS) is 14.8. The average Bonchev–Trinajstić information content (AvgIpc) is 2.84. The molecule has 0 spiro atoms. The maximum Gasteiger partial charge on any atom is 0.335 e. The van der Waals surface area contributed by atoms with Crippen molar-refractivity contribution in [2.24, 2.45) is 0 Å². The number of barbiturate groups is 1. The van der Waals surface area contributed by atoms with Crippen LogP contribution in [0.4, 0.5) is 10.5 Å². The first-order valence-corrected chi connectivity index (χ1v) is 11.1. The Morgan fingerprint density at radius 2 is 1.66 bits per heavy atom. The van der Waals surface area contributed by atoms with Crippen LogP contribution in [0.1, 0.15) is 27.8 Å². The molecule has 4 amide bonds. The number of rotatable bonds is 6. The van der Waals surface area contributed by atoms with Crippen LogP contribution in [0.2, 0.25) is 0 Å². The Bertz CT molecular complexity index is 1360. The van der Waals surface area contributed by atoms with E-state index < -0.39 is 17.8 Å². The monoisotopic (exact) mass is 470 g/mol. The summed E-state index contributed by atoms with van der Waals surface area (Å²) >= 11 is 0. The van der Waals surface area contributed by atoms with E-state index in [9.17, 15) is 14.4 Å². The van der Waals surface area contributed by atoms with E-state index in [1.165, 1.54) is 11.6 Å². The van der Waals surface area contributed by atoms with Crippen LogP contribution in [-0.4, -0.2) is 25.0 Å². The van der Waals surface area contributed by atoms with E-state index in [0.717, 1.165) is 21.6 Å². The second-order valence-corrected chi connectivity index (χ2v) is 8.36. The molecule has 178 valence electrons. The highest BCUT2D eigenvalue weighted by atomic mass is 16.5. The van der Waals surface area contributed by atoms with Gasteiger partial charge in [-0.15, -0.1) is 0 Å². The molecule has 0 unspecified atom stereocenters. The fraction of sp³-hybridized carbons (Fsp3) is 0.179. The Kier molecular flexibility index (Phi) is 6.68. The van der Waals surface area contributed by atoms with Gasteiger partial charge in [0.05, 0.1) is 12.8 Å². The molecule has 7 heteroatoms. The number of methoxy groups -OCH3 is 1. The molecule has 3 aromatic rings. The van der Waals surface area contributed by atoms with Gasteiger partial charge in [0, 0.05) is 11.6 Å². The van der Waals surface area contributed by atoms with Gasteiger partial charge in [0.1, 0.15) is 23.7 Å². The van der Waals surface area contributed by atoms with Crippen molar-refractivity contribution in [3.05, 3.63) is 94.1 Å². The summed E-state index contributed by atoms with van der Waals surface area (Å²) in [4.78, 5) is 39.5. The average molecular weight is 471 g/mol. The van der Waals surface area contributed by atoms with Crippen molar-refractivity contribution in [2.45, 2.75) is 27.4 Å². The number of hydrogen-bond acceptors (Lipinski definition) is 5. The third-order valence-corrected chi connectivity index (χ3v) is 5.94. The molecule has 1 N–H and O–H groups in total. The SMILES string of the molecule is COc1ccc(/C=C2\C(=O)NC(=O)N(c3ccccc3C)C2=O)c(OCc2ccc(C)c(C)c2)c1. The molecule has 0 radical (unpaired) electrons. The summed E-state index contributed by atoms with van der Waals surface area (Å²) in [5.41, 5.74) is 4.80. The molecule has 0 aliphatic carbocycles. The van der Waals surface area contributed by atoms with Crippen LogP contribution < -0.4 is 19.7 Å². The summed E-state index contributed by atoms with van der Waals surface area (Å²) in [5, 5.41) is 2.26. The second-order valence-electron chi connectivity index (χ2n) is 8.36. The van der Waals surface area contributed by atoms with Gasteiger partial charge >= 0.3 is 6.03 Å². The van der Waals surface area contributed by atoms with Crippen LogP contribution in [0, 0.1) is 20.8 Å².